The van der Waals surface area contributed by atoms with E-state index in [2.05, 4.69) is 5.32 Å². The molecular weight excluding hydrogens is 204 g/mol. The van der Waals surface area contributed by atoms with Crippen molar-refractivity contribution in [3.8, 4) is 5.75 Å². The maximum absolute atomic E-state index is 11.7. The first-order valence-electron chi connectivity index (χ1n) is 5.31. The Bertz CT molecular complexity index is 375. The fourth-order valence-electron chi connectivity index (χ4n) is 1.37. The molecule has 90 valence electrons. The Morgan fingerprint density at radius 3 is 2.56 bits per heavy atom. The maximum Gasteiger partial charge on any atom is 0.225 e. The second-order valence-electron chi connectivity index (χ2n) is 4.95. The lowest BCUT2D eigenvalue weighted by molar-refractivity contribution is -0.128. The number of methoxy groups -OCH3 is 1. The second kappa shape index (κ2) is 4.60. The zero-order chi connectivity index (χ0) is 12.3. The van der Waals surface area contributed by atoms with Gasteiger partial charge in [-0.3, -0.25) is 4.79 Å². The van der Waals surface area contributed by atoms with Crippen LogP contribution in [0.2, 0.25) is 0 Å². The van der Waals surface area contributed by atoms with Gasteiger partial charge in [0.05, 0.1) is 7.11 Å². The molecule has 0 saturated heterocycles. The predicted molar refractivity (Wildman–Crippen MR) is 63.3 cm³/mol. The zero-order valence-electron chi connectivity index (χ0n) is 10.6. The van der Waals surface area contributed by atoms with Gasteiger partial charge in [-0.05, 0) is 0 Å². The van der Waals surface area contributed by atoms with Crippen molar-refractivity contribution in [1.82, 2.24) is 9.88 Å². The minimum absolute atomic E-state index is 0.0402. The minimum Gasteiger partial charge on any atom is -0.495 e. The molecule has 1 aromatic heterocycles. The average Bonchev–Trinajstić information content (AvgIpc) is 2.53. The number of aromatic nitrogens is 1. The summed E-state index contributed by atoms with van der Waals surface area (Å²) in [5.74, 6) is 0.843. The Morgan fingerprint density at radius 2 is 2.06 bits per heavy atom. The van der Waals surface area contributed by atoms with Crippen LogP contribution in [0.3, 0.4) is 0 Å². The number of nitrogens with zero attached hydrogens (tertiary/aromatic N) is 1. The van der Waals surface area contributed by atoms with Crippen LogP contribution in [0.25, 0.3) is 0 Å². The van der Waals surface area contributed by atoms with Crippen molar-refractivity contribution in [2.45, 2.75) is 27.3 Å². The summed E-state index contributed by atoms with van der Waals surface area (Å²) in [5, 5.41) is 2.89. The number of hydrogen-bond donors (Lipinski definition) is 1. The van der Waals surface area contributed by atoms with Gasteiger partial charge < -0.3 is 14.6 Å². The smallest absolute Gasteiger partial charge is 0.225 e. The van der Waals surface area contributed by atoms with E-state index in [1.807, 2.05) is 44.8 Å². The largest absolute Gasteiger partial charge is 0.495 e. The van der Waals surface area contributed by atoms with E-state index in [1.54, 1.807) is 7.11 Å². The van der Waals surface area contributed by atoms with E-state index in [9.17, 15) is 4.79 Å². The molecule has 0 radical (unpaired) electrons. The van der Waals surface area contributed by atoms with Crippen LogP contribution in [0.4, 0.5) is 0 Å². The molecule has 4 heteroatoms. The van der Waals surface area contributed by atoms with Gasteiger partial charge in [-0.2, -0.15) is 0 Å². The van der Waals surface area contributed by atoms with Crippen molar-refractivity contribution < 1.29 is 9.53 Å². The monoisotopic (exact) mass is 224 g/mol. The molecule has 16 heavy (non-hydrogen) atoms. The van der Waals surface area contributed by atoms with Crippen LogP contribution in [0.15, 0.2) is 12.4 Å². The Hall–Kier alpha value is -1.45. The summed E-state index contributed by atoms with van der Waals surface area (Å²) in [6.07, 6.45) is 3.83. The van der Waals surface area contributed by atoms with E-state index in [4.69, 9.17) is 4.74 Å². The molecule has 1 amide bonds. The number of ether oxygens (including phenoxy) is 1. The van der Waals surface area contributed by atoms with Crippen LogP contribution in [0.5, 0.6) is 5.75 Å². The molecule has 0 fully saturated rings. The fourth-order valence-corrected chi connectivity index (χ4v) is 1.37. The van der Waals surface area contributed by atoms with E-state index in [1.165, 1.54) is 0 Å². The summed E-state index contributed by atoms with van der Waals surface area (Å²) in [6.45, 7) is 6.18. The van der Waals surface area contributed by atoms with E-state index < -0.39 is 0 Å². The molecule has 1 N–H and O–H groups in total. The number of hydrogen-bond acceptors (Lipinski definition) is 2. The summed E-state index contributed by atoms with van der Waals surface area (Å²) in [7, 11) is 3.56. The topological polar surface area (TPSA) is 43.3 Å². The average molecular weight is 224 g/mol. The van der Waals surface area contributed by atoms with Crippen LogP contribution in [-0.2, 0) is 18.4 Å². The lowest BCUT2D eigenvalue weighted by Gasteiger charge is -2.17. The van der Waals surface area contributed by atoms with Gasteiger partial charge in [0.15, 0.2) is 0 Å². The van der Waals surface area contributed by atoms with Crippen LogP contribution in [0.1, 0.15) is 26.3 Å². The second-order valence-corrected chi connectivity index (χ2v) is 4.95. The predicted octanol–water partition coefficient (Wildman–Crippen LogP) is 1.70. The SMILES string of the molecule is COc1cn(C)cc1CNC(=O)C(C)(C)C. The van der Waals surface area contributed by atoms with Gasteiger partial charge in [0.1, 0.15) is 5.75 Å². The van der Waals surface area contributed by atoms with Gasteiger partial charge in [-0.15, -0.1) is 0 Å². The van der Waals surface area contributed by atoms with Crippen LogP contribution in [-0.4, -0.2) is 17.6 Å². The summed E-state index contributed by atoms with van der Waals surface area (Å²) < 4.78 is 7.13. The highest BCUT2D eigenvalue weighted by Crippen LogP contribution is 2.19. The van der Waals surface area contributed by atoms with Crippen molar-refractivity contribution >= 4 is 5.91 Å². The van der Waals surface area contributed by atoms with E-state index in [0.717, 1.165) is 11.3 Å². The molecule has 1 heterocycles. The first kappa shape index (κ1) is 12.6. The van der Waals surface area contributed by atoms with Crippen molar-refractivity contribution in [1.29, 1.82) is 0 Å². The fraction of sp³-hybridized carbons (Fsp3) is 0.583. The molecule has 0 aliphatic rings. The first-order chi connectivity index (χ1) is 7.34. The number of nitrogens with one attached hydrogen (secondary N) is 1. The van der Waals surface area contributed by atoms with Crippen LogP contribution < -0.4 is 10.1 Å². The summed E-state index contributed by atoms with van der Waals surface area (Å²) in [5.41, 5.74) is 0.629. The van der Waals surface area contributed by atoms with Crippen LogP contribution in [0, 0.1) is 5.41 Å². The normalized spacial score (nSPS) is 11.3. The lowest BCUT2D eigenvalue weighted by atomic mass is 9.96. The maximum atomic E-state index is 11.7. The number of rotatable bonds is 3. The Balaban J connectivity index is 2.64. The van der Waals surface area contributed by atoms with E-state index in [-0.39, 0.29) is 11.3 Å². The minimum atomic E-state index is -0.359. The molecule has 0 bridgehead atoms. The summed E-state index contributed by atoms with van der Waals surface area (Å²) in [6, 6.07) is 0. The number of carbonyl (C=O) groups is 1. The first-order valence-corrected chi connectivity index (χ1v) is 5.31. The van der Waals surface area contributed by atoms with Crippen molar-refractivity contribution in [2.24, 2.45) is 12.5 Å². The third-order valence-corrected chi connectivity index (χ3v) is 2.34. The molecule has 0 saturated carbocycles. The summed E-state index contributed by atoms with van der Waals surface area (Å²) >= 11 is 0. The number of aryl methyl sites for hydroxylation is 1. The van der Waals surface area contributed by atoms with Crippen molar-refractivity contribution in [2.75, 3.05) is 7.11 Å². The zero-order valence-corrected chi connectivity index (χ0v) is 10.6. The molecule has 0 spiro atoms. The van der Waals surface area contributed by atoms with Crippen LogP contribution >= 0.6 is 0 Å². The van der Waals surface area contributed by atoms with Gasteiger partial charge in [0.2, 0.25) is 5.91 Å². The van der Waals surface area contributed by atoms with Gasteiger partial charge in [-0.25, -0.2) is 0 Å². The molecule has 4 nitrogen and oxygen atoms in total. The Kier molecular flexibility index (Phi) is 3.62. The molecule has 1 aromatic rings. The highest BCUT2D eigenvalue weighted by atomic mass is 16.5. The van der Waals surface area contributed by atoms with Gasteiger partial charge in [0.25, 0.3) is 0 Å². The molecule has 0 aliphatic heterocycles. The third-order valence-electron chi connectivity index (χ3n) is 2.34. The standard InChI is InChI=1S/C12H20N2O2/c1-12(2,3)11(15)13-6-9-7-14(4)8-10(9)16-5/h7-8H,6H2,1-5H3,(H,13,15). The van der Waals surface area contributed by atoms with E-state index >= 15 is 0 Å². The van der Waals surface area contributed by atoms with Crippen molar-refractivity contribution in [3.05, 3.63) is 18.0 Å². The highest BCUT2D eigenvalue weighted by Gasteiger charge is 2.21. The van der Waals surface area contributed by atoms with Crippen molar-refractivity contribution in [3.63, 3.8) is 0 Å². The van der Waals surface area contributed by atoms with Gasteiger partial charge >= 0.3 is 0 Å². The number of amides is 1. The Labute approximate surface area is 96.6 Å². The quantitative estimate of drug-likeness (QED) is 0.849. The molecule has 0 aromatic carbocycles. The van der Waals surface area contributed by atoms with Gasteiger partial charge in [0, 0.05) is 37.0 Å². The molecular formula is C12H20N2O2. The lowest BCUT2D eigenvalue weighted by Crippen LogP contribution is -2.34. The molecule has 0 atom stereocenters. The number of carbonyl (C=O) groups excluding carboxylic acids is 1. The molecule has 1 rings (SSSR count). The molecule has 0 unspecified atom stereocenters. The Morgan fingerprint density at radius 1 is 1.44 bits per heavy atom. The third kappa shape index (κ3) is 3.02. The van der Waals surface area contributed by atoms with Gasteiger partial charge in [-0.1, -0.05) is 20.8 Å². The van der Waals surface area contributed by atoms with E-state index in [0.29, 0.717) is 6.54 Å². The highest BCUT2D eigenvalue weighted by molar-refractivity contribution is 5.81. The summed E-state index contributed by atoms with van der Waals surface area (Å²) in [4.78, 5) is 11.7. The molecule has 0 aliphatic carbocycles.